The lowest BCUT2D eigenvalue weighted by Crippen LogP contribution is -2.14. The molecule has 0 unspecified atom stereocenters. The summed E-state index contributed by atoms with van der Waals surface area (Å²) >= 11 is 1.22. The molecule has 0 amide bonds. The van der Waals surface area contributed by atoms with E-state index in [1.165, 1.54) is 30.1 Å². The van der Waals surface area contributed by atoms with Gasteiger partial charge in [0.25, 0.3) is 10.0 Å². The highest BCUT2D eigenvalue weighted by molar-refractivity contribution is 7.99. The number of nitrogens with zero attached hydrogens (tertiary/aromatic N) is 2. The second kappa shape index (κ2) is 7.57. The van der Waals surface area contributed by atoms with E-state index in [0.717, 1.165) is 18.2 Å². The van der Waals surface area contributed by atoms with E-state index in [2.05, 4.69) is 14.7 Å². The van der Waals surface area contributed by atoms with E-state index < -0.39 is 26.7 Å². The first-order valence-corrected chi connectivity index (χ1v) is 9.79. The highest BCUT2D eigenvalue weighted by Gasteiger charge is 2.31. The minimum Gasteiger partial charge on any atom is -0.279 e. The summed E-state index contributed by atoms with van der Waals surface area (Å²) in [4.78, 5) is 7.78. The second-order valence-electron chi connectivity index (χ2n) is 5.28. The van der Waals surface area contributed by atoms with Gasteiger partial charge in [0.05, 0.1) is 16.1 Å². The molecule has 0 fully saturated rings. The predicted octanol–water partition coefficient (Wildman–Crippen LogP) is 4.45. The molecule has 3 aromatic rings. The molecule has 1 aromatic carbocycles. The maximum Gasteiger partial charge on any atom is 0.416 e. The van der Waals surface area contributed by atoms with Gasteiger partial charge >= 0.3 is 6.18 Å². The van der Waals surface area contributed by atoms with Crippen molar-refractivity contribution < 1.29 is 21.6 Å². The summed E-state index contributed by atoms with van der Waals surface area (Å²) in [5, 5.41) is 1.15. The molecule has 1 N–H and O–H groups in total. The zero-order valence-corrected chi connectivity index (χ0v) is 15.1. The van der Waals surface area contributed by atoms with Crippen LogP contribution in [0.1, 0.15) is 5.56 Å². The Hall–Kier alpha value is -2.59. The van der Waals surface area contributed by atoms with Gasteiger partial charge in [-0.2, -0.15) is 13.2 Å². The van der Waals surface area contributed by atoms with E-state index in [1.54, 1.807) is 24.4 Å². The van der Waals surface area contributed by atoms with Crippen molar-refractivity contribution >= 4 is 27.5 Å². The van der Waals surface area contributed by atoms with Crippen LogP contribution >= 0.6 is 11.8 Å². The monoisotopic (exact) mass is 411 g/mol. The van der Waals surface area contributed by atoms with Crippen LogP contribution in [0.25, 0.3) is 0 Å². The molecular formula is C17H12F3N3O2S2. The van der Waals surface area contributed by atoms with Crippen LogP contribution in [0.5, 0.6) is 0 Å². The van der Waals surface area contributed by atoms with Crippen LogP contribution in [0.2, 0.25) is 0 Å². The summed E-state index contributed by atoms with van der Waals surface area (Å²) in [7, 11) is -4.19. The number of alkyl halides is 3. The van der Waals surface area contributed by atoms with E-state index in [1.807, 2.05) is 0 Å². The van der Waals surface area contributed by atoms with Gasteiger partial charge in [0.15, 0.2) is 0 Å². The maximum atomic E-state index is 12.8. The fourth-order valence-electron chi connectivity index (χ4n) is 2.10. The zero-order valence-electron chi connectivity index (χ0n) is 13.5. The van der Waals surface area contributed by atoms with Crippen molar-refractivity contribution in [2.45, 2.75) is 21.1 Å². The Morgan fingerprint density at radius 1 is 0.889 bits per heavy atom. The average Bonchev–Trinajstić information content (AvgIpc) is 2.62. The van der Waals surface area contributed by atoms with Crippen molar-refractivity contribution in [1.29, 1.82) is 0 Å². The summed E-state index contributed by atoms with van der Waals surface area (Å²) < 4.78 is 65.6. The number of rotatable bonds is 5. The molecule has 10 heteroatoms. The minimum absolute atomic E-state index is 0.181. The second-order valence-corrected chi connectivity index (χ2v) is 8.01. The van der Waals surface area contributed by atoms with E-state index >= 15 is 0 Å². The summed E-state index contributed by atoms with van der Waals surface area (Å²) in [6.07, 6.45) is -1.62. The van der Waals surface area contributed by atoms with Gasteiger partial charge in [-0.25, -0.2) is 18.4 Å². The SMILES string of the molecule is O=S(=O)(Nc1ccnc(Sc2ccccn2)c1)c1cccc(C(F)(F)F)c1. The number of pyridine rings is 2. The van der Waals surface area contributed by atoms with Crippen molar-refractivity contribution in [1.82, 2.24) is 9.97 Å². The first kappa shape index (κ1) is 19.2. The van der Waals surface area contributed by atoms with Crippen molar-refractivity contribution in [3.63, 3.8) is 0 Å². The van der Waals surface area contributed by atoms with Crippen LogP contribution in [-0.2, 0) is 16.2 Å². The normalized spacial score (nSPS) is 12.0. The predicted molar refractivity (Wildman–Crippen MR) is 94.8 cm³/mol. The van der Waals surface area contributed by atoms with E-state index in [-0.39, 0.29) is 5.69 Å². The Morgan fingerprint density at radius 2 is 1.67 bits per heavy atom. The number of hydrogen-bond donors (Lipinski definition) is 1. The number of nitrogens with one attached hydrogen (secondary N) is 1. The molecule has 27 heavy (non-hydrogen) atoms. The Bertz CT molecular complexity index is 1040. The number of benzene rings is 1. The molecule has 0 bridgehead atoms. The van der Waals surface area contributed by atoms with Gasteiger partial charge in [-0.1, -0.05) is 23.9 Å². The molecule has 0 saturated carbocycles. The van der Waals surface area contributed by atoms with Crippen molar-refractivity contribution in [2.24, 2.45) is 0 Å². The van der Waals surface area contributed by atoms with Crippen LogP contribution in [-0.4, -0.2) is 18.4 Å². The highest BCUT2D eigenvalue weighted by atomic mass is 32.2. The smallest absolute Gasteiger partial charge is 0.279 e. The molecule has 3 rings (SSSR count). The number of sulfonamides is 1. The minimum atomic E-state index is -4.63. The van der Waals surface area contributed by atoms with Crippen LogP contribution in [0.4, 0.5) is 18.9 Å². The molecule has 140 valence electrons. The lowest BCUT2D eigenvalue weighted by atomic mass is 10.2. The summed E-state index contributed by atoms with van der Waals surface area (Å²) in [5.74, 6) is 0. The van der Waals surface area contributed by atoms with Gasteiger partial charge in [-0.05, 0) is 42.5 Å². The summed E-state index contributed by atoms with van der Waals surface area (Å²) in [6, 6.07) is 11.8. The number of hydrogen-bond acceptors (Lipinski definition) is 5. The van der Waals surface area contributed by atoms with Gasteiger partial charge < -0.3 is 0 Å². The molecule has 0 atom stereocenters. The van der Waals surface area contributed by atoms with E-state index in [9.17, 15) is 21.6 Å². The third-order valence-corrected chi connectivity index (χ3v) is 5.57. The number of halogens is 3. The maximum absolute atomic E-state index is 12.8. The van der Waals surface area contributed by atoms with Crippen LogP contribution in [0.15, 0.2) is 81.9 Å². The standard InChI is InChI=1S/C17H12F3N3O2S2/c18-17(19,20)12-4-3-5-14(10-12)27(24,25)23-13-7-9-22-16(11-13)26-15-6-1-2-8-21-15/h1-11H,(H,22,23). The molecule has 0 aliphatic rings. The van der Waals surface area contributed by atoms with Gasteiger partial charge in [-0.3, -0.25) is 4.72 Å². The van der Waals surface area contributed by atoms with Crippen molar-refractivity contribution in [3.8, 4) is 0 Å². The molecule has 2 heterocycles. The lowest BCUT2D eigenvalue weighted by Gasteiger charge is -2.11. The van der Waals surface area contributed by atoms with E-state index in [4.69, 9.17) is 0 Å². The topological polar surface area (TPSA) is 72.0 Å². The molecule has 0 radical (unpaired) electrons. The lowest BCUT2D eigenvalue weighted by molar-refractivity contribution is -0.137. The van der Waals surface area contributed by atoms with Crippen LogP contribution in [0, 0.1) is 0 Å². The Balaban J connectivity index is 1.83. The Kier molecular flexibility index (Phi) is 5.38. The molecule has 0 aliphatic heterocycles. The Morgan fingerprint density at radius 3 is 2.37 bits per heavy atom. The molecule has 5 nitrogen and oxygen atoms in total. The quantitative estimate of drug-likeness (QED) is 0.672. The van der Waals surface area contributed by atoms with Gasteiger partial charge in [-0.15, -0.1) is 0 Å². The third kappa shape index (κ3) is 4.98. The first-order valence-electron chi connectivity index (χ1n) is 7.49. The van der Waals surface area contributed by atoms with Gasteiger partial charge in [0.1, 0.15) is 10.1 Å². The molecule has 0 saturated heterocycles. The van der Waals surface area contributed by atoms with E-state index in [0.29, 0.717) is 16.1 Å². The van der Waals surface area contributed by atoms with Crippen LogP contribution in [0.3, 0.4) is 0 Å². The summed E-state index contributed by atoms with van der Waals surface area (Å²) in [5.41, 5.74) is -0.854. The molecule has 0 aliphatic carbocycles. The number of anilines is 1. The zero-order chi connectivity index (χ0) is 19.5. The molecular weight excluding hydrogens is 399 g/mol. The fourth-order valence-corrected chi connectivity index (χ4v) is 3.97. The number of aromatic nitrogens is 2. The first-order chi connectivity index (χ1) is 12.7. The van der Waals surface area contributed by atoms with Crippen LogP contribution < -0.4 is 4.72 Å². The third-order valence-electron chi connectivity index (χ3n) is 3.31. The van der Waals surface area contributed by atoms with Gasteiger partial charge in [0.2, 0.25) is 0 Å². The molecule has 2 aromatic heterocycles. The average molecular weight is 411 g/mol. The van der Waals surface area contributed by atoms with Gasteiger partial charge in [0, 0.05) is 12.4 Å². The largest absolute Gasteiger partial charge is 0.416 e. The van der Waals surface area contributed by atoms with Crippen molar-refractivity contribution in [3.05, 3.63) is 72.6 Å². The molecule has 0 spiro atoms. The Labute approximate surface area is 157 Å². The summed E-state index contributed by atoms with van der Waals surface area (Å²) in [6.45, 7) is 0. The van der Waals surface area contributed by atoms with Crippen molar-refractivity contribution in [2.75, 3.05) is 4.72 Å². The fraction of sp³-hybridized carbons (Fsp3) is 0.0588. The highest BCUT2D eigenvalue weighted by Crippen LogP contribution is 2.31.